The van der Waals surface area contributed by atoms with Crippen molar-refractivity contribution in [2.75, 3.05) is 13.2 Å². The second-order valence-corrected chi connectivity index (χ2v) is 8.22. The molecule has 35 heavy (non-hydrogen) atoms. The van der Waals surface area contributed by atoms with Crippen LogP contribution in [0.1, 0.15) is 44.4 Å². The van der Waals surface area contributed by atoms with E-state index in [1.807, 2.05) is 48.9 Å². The Bertz CT molecular complexity index is 1160. The average molecular weight is 489 g/mol. The molecule has 2 heterocycles. The standard InChI is InChI=1S/C23H25N3O2.C2HF3O2/c1-16-10-17(2)12-20(11-16)23(27)24-13-21-22-19(8-9-28-21)15-26(25-22)14-18-6-4-3-5-7-18;3-2(4,5)1(6)7/h3-7,10-12,15,21H,8-9,13-14H2,1-2H3,(H,24,27);(H,6,7). The molecule has 3 aromatic rings. The Balaban J connectivity index is 0.000000429. The van der Waals surface area contributed by atoms with Crippen molar-refractivity contribution in [1.29, 1.82) is 0 Å². The number of aromatic nitrogens is 2. The lowest BCUT2D eigenvalue weighted by atomic mass is 10.1. The topological polar surface area (TPSA) is 93.5 Å². The lowest BCUT2D eigenvalue weighted by Gasteiger charge is -2.22. The number of hydrogen-bond donors (Lipinski definition) is 2. The highest BCUT2D eigenvalue weighted by molar-refractivity contribution is 5.94. The fourth-order valence-corrected chi connectivity index (χ4v) is 3.73. The highest BCUT2D eigenvalue weighted by Crippen LogP contribution is 2.25. The van der Waals surface area contributed by atoms with Crippen LogP contribution in [0.15, 0.2) is 54.7 Å². The van der Waals surface area contributed by atoms with Gasteiger partial charge in [-0.1, -0.05) is 47.5 Å². The molecule has 1 unspecified atom stereocenters. The van der Waals surface area contributed by atoms with Gasteiger partial charge in [-0.05, 0) is 43.5 Å². The minimum Gasteiger partial charge on any atom is -0.475 e. The Morgan fingerprint density at radius 2 is 1.77 bits per heavy atom. The number of carbonyl (C=O) groups excluding carboxylic acids is 1. The van der Waals surface area contributed by atoms with E-state index in [2.05, 4.69) is 29.7 Å². The number of fused-ring (bicyclic) bond motifs is 1. The van der Waals surface area contributed by atoms with Gasteiger partial charge in [0.15, 0.2) is 0 Å². The van der Waals surface area contributed by atoms with E-state index >= 15 is 0 Å². The predicted molar refractivity (Wildman–Crippen MR) is 122 cm³/mol. The number of benzene rings is 2. The first-order valence-electron chi connectivity index (χ1n) is 10.9. The SMILES string of the molecule is Cc1cc(C)cc(C(=O)NCC2OCCc3cn(Cc4ccccc4)nc32)c1.O=C(O)C(F)(F)F. The van der Waals surface area contributed by atoms with Crippen molar-refractivity contribution in [2.45, 2.75) is 39.1 Å². The molecule has 0 radical (unpaired) electrons. The Kier molecular flexibility index (Phi) is 8.29. The molecule has 1 aliphatic rings. The zero-order valence-electron chi connectivity index (χ0n) is 19.3. The summed E-state index contributed by atoms with van der Waals surface area (Å²) in [5, 5.41) is 14.9. The van der Waals surface area contributed by atoms with Crippen LogP contribution in [-0.2, 0) is 22.5 Å². The van der Waals surface area contributed by atoms with Crippen molar-refractivity contribution in [2.24, 2.45) is 0 Å². The molecule has 186 valence electrons. The number of rotatable bonds is 5. The number of amides is 1. The Morgan fingerprint density at radius 3 is 2.37 bits per heavy atom. The summed E-state index contributed by atoms with van der Waals surface area (Å²) in [6.07, 6.45) is -2.34. The van der Waals surface area contributed by atoms with E-state index in [-0.39, 0.29) is 12.0 Å². The van der Waals surface area contributed by atoms with Gasteiger partial charge >= 0.3 is 12.1 Å². The van der Waals surface area contributed by atoms with Gasteiger partial charge in [-0.25, -0.2) is 4.79 Å². The van der Waals surface area contributed by atoms with Crippen LogP contribution in [0.5, 0.6) is 0 Å². The fraction of sp³-hybridized carbons (Fsp3) is 0.320. The first-order chi connectivity index (χ1) is 16.5. The van der Waals surface area contributed by atoms with Gasteiger partial charge in [-0.15, -0.1) is 0 Å². The summed E-state index contributed by atoms with van der Waals surface area (Å²) >= 11 is 0. The van der Waals surface area contributed by atoms with E-state index in [1.54, 1.807) is 0 Å². The number of aryl methyl sites for hydroxylation is 2. The Morgan fingerprint density at radius 1 is 1.14 bits per heavy atom. The summed E-state index contributed by atoms with van der Waals surface area (Å²) in [6.45, 7) is 5.80. The molecule has 2 aromatic carbocycles. The number of carboxylic acids is 1. The lowest BCUT2D eigenvalue weighted by Crippen LogP contribution is -2.32. The third kappa shape index (κ3) is 7.41. The van der Waals surface area contributed by atoms with Gasteiger partial charge in [-0.2, -0.15) is 18.3 Å². The minimum absolute atomic E-state index is 0.0776. The van der Waals surface area contributed by atoms with E-state index in [4.69, 9.17) is 19.7 Å². The van der Waals surface area contributed by atoms with Gasteiger partial charge in [0, 0.05) is 18.3 Å². The number of carboxylic acid groups (broad SMARTS) is 1. The summed E-state index contributed by atoms with van der Waals surface area (Å²) in [4.78, 5) is 21.5. The predicted octanol–water partition coefficient (Wildman–Crippen LogP) is 4.23. The van der Waals surface area contributed by atoms with Crippen LogP contribution < -0.4 is 5.32 Å². The third-order valence-electron chi connectivity index (χ3n) is 5.23. The largest absolute Gasteiger partial charge is 0.490 e. The van der Waals surface area contributed by atoms with Crippen LogP contribution in [0.25, 0.3) is 0 Å². The second-order valence-electron chi connectivity index (χ2n) is 8.22. The molecule has 0 bridgehead atoms. The maximum absolute atomic E-state index is 12.6. The molecule has 0 spiro atoms. The normalized spacial score (nSPS) is 14.9. The van der Waals surface area contributed by atoms with Crippen LogP contribution in [0.4, 0.5) is 13.2 Å². The quantitative estimate of drug-likeness (QED) is 0.560. The smallest absolute Gasteiger partial charge is 0.475 e. The van der Waals surface area contributed by atoms with Crippen LogP contribution in [0.3, 0.4) is 0 Å². The zero-order chi connectivity index (χ0) is 25.6. The molecule has 1 aliphatic heterocycles. The summed E-state index contributed by atoms with van der Waals surface area (Å²) in [5.74, 6) is -2.83. The van der Waals surface area contributed by atoms with Gasteiger partial charge in [0.1, 0.15) is 6.10 Å². The van der Waals surface area contributed by atoms with Crippen LogP contribution >= 0.6 is 0 Å². The zero-order valence-corrected chi connectivity index (χ0v) is 19.3. The van der Waals surface area contributed by atoms with E-state index in [0.29, 0.717) is 18.7 Å². The van der Waals surface area contributed by atoms with Gasteiger partial charge < -0.3 is 15.2 Å². The van der Waals surface area contributed by atoms with Crippen LogP contribution in [-0.4, -0.2) is 46.1 Å². The number of hydrogen-bond acceptors (Lipinski definition) is 4. The van der Waals surface area contributed by atoms with Crippen molar-refractivity contribution >= 4 is 11.9 Å². The molecular weight excluding hydrogens is 463 g/mol. The Labute approximate surface area is 200 Å². The second kappa shape index (κ2) is 11.2. The fourth-order valence-electron chi connectivity index (χ4n) is 3.73. The summed E-state index contributed by atoms with van der Waals surface area (Å²) in [7, 11) is 0. The minimum atomic E-state index is -5.08. The average Bonchev–Trinajstić information content (AvgIpc) is 3.20. The maximum Gasteiger partial charge on any atom is 0.490 e. The molecule has 0 saturated heterocycles. The van der Waals surface area contributed by atoms with Crippen LogP contribution in [0.2, 0.25) is 0 Å². The van der Waals surface area contributed by atoms with Crippen molar-refractivity contribution in [3.05, 3.63) is 88.2 Å². The molecule has 4 rings (SSSR count). The highest BCUT2D eigenvalue weighted by Gasteiger charge is 2.38. The molecule has 2 N–H and O–H groups in total. The number of halogens is 3. The molecule has 0 fully saturated rings. The van der Waals surface area contributed by atoms with Gasteiger partial charge in [0.05, 0.1) is 18.8 Å². The number of carbonyl (C=O) groups is 2. The Hall–Kier alpha value is -3.66. The van der Waals surface area contributed by atoms with Crippen molar-refractivity contribution in [1.82, 2.24) is 15.1 Å². The van der Waals surface area contributed by atoms with Crippen molar-refractivity contribution in [3.8, 4) is 0 Å². The first-order valence-corrected chi connectivity index (χ1v) is 10.9. The lowest BCUT2D eigenvalue weighted by molar-refractivity contribution is -0.192. The molecule has 7 nitrogen and oxygen atoms in total. The highest BCUT2D eigenvalue weighted by atomic mass is 19.4. The molecule has 0 aliphatic carbocycles. The van der Waals surface area contributed by atoms with Gasteiger partial charge in [0.2, 0.25) is 0 Å². The van der Waals surface area contributed by atoms with Gasteiger partial charge in [-0.3, -0.25) is 9.48 Å². The summed E-state index contributed by atoms with van der Waals surface area (Å²) in [5.41, 5.74) is 6.20. The van der Waals surface area contributed by atoms with E-state index < -0.39 is 12.1 Å². The number of nitrogens with one attached hydrogen (secondary N) is 1. The molecule has 1 amide bonds. The summed E-state index contributed by atoms with van der Waals surface area (Å²) < 4.78 is 39.6. The van der Waals surface area contributed by atoms with Gasteiger partial charge in [0.25, 0.3) is 5.91 Å². The molecular formula is C25H26F3N3O4. The number of alkyl halides is 3. The third-order valence-corrected chi connectivity index (χ3v) is 5.23. The monoisotopic (exact) mass is 489 g/mol. The molecule has 10 heteroatoms. The first kappa shape index (κ1) is 26.0. The van der Waals surface area contributed by atoms with E-state index in [1.165, 1.54) is 11.1 Å². The molecule has 1 atom stereocenters. The summed E-state index contributed by atoms with van der Waals surface area (Å²) in [6, 6.07) is 16.2. The van der Waals surface area contributed by atoms with E-state index in [9.17, 15) is 18.0 Å². The number of aliphatic carboxylic acids is 1. The molecule has 1 aromatic heterocycles. The van der Waals surface area contributed by atoms with Crippen molar-refractivity contribution in [3.63, 3.8) is 0 Å². The number of ether oxygens (including phenoxy) is 1. The van der Waals surface area contributed by atoms with Crippen LogP contribution in [0, 0.1) is 13.8 Å². The number of nitrogens with zero attached hydrogens (tertiary/aromatic N) is 2. The maximum atomic E-state index is 12.6. The molecule has 0 saturated carbocycles. The van der Waals surface area contributed by atoms with E-state index in [0.717, 1.165) is 29.8 Å². The van der Waals surface area contributed by atoms with Crippen molar-refractivity contribution < 1.29 is 32.6 Å².